The van der Waals surface area contributed by atoms with Crippen LogP contribution in [0.3, 0.4) is 0 Å². The van der Waals surface area contributed by atoms with Gasteiger partial charge in [0.05, 0.1) is 5.52 Å². The maximum atomic E-state index is 11.9. The van der Waals surface area contributed by atoms with Gasteiger partial charge < -0.3 is 10.9 Å². The number of fused-ring (bicyclic) bond motifs is 1. The highest BCUT2D eigenvalue weighted by Crippen LogP contribution is 2.25. The fourth-order valence-corrected chi connectivity index (χ4v) is 1.25. The number of pyridine rings is 1. The Morgan fingerprint density at radius 1 is 1.12 bits per heavy atom. The number of ether oxygens (including phenoxy) is 1. The fraction of sp³-hybridized carbons (Fsp3) is 0.100. The Morgan fingerprint density at radius 3 is 2.56 bits per heavy atom. The summed E-state index contributed by atoms with van der Waals surface area (Å²) < 4.78 is 39.5. The van der Waals surface area contributed by atoms with Crippen molar-refractivity contribution in [3.63, 3.8) is 0 Å². The smallest absolute Gasteiger partial charge is 0.406 e. The lowest BCUT2D eigenvalue weighted by atomic mass is 10.2. The van der Waals surface area contributed by atoms with Gasteiger partial charge in [-0.05, 0) is 24.3 Å². The van der Waals surface area contributed by atoms with Crippen molar-refractivity contribution in [2.24, 2.45) is 0 Å². The Balaban J connectivity index is 0.00000128. The third kappa shape index (κ3) is 2.83. The van der Waals surface area contributed by atoms with Crippen molar-refractivity contribution in [2.75, 3.05) is 0 Å². The number of halogens is 3. The molecule has 86 valence electrons. The molecule has 0 radical (unpaired) electrons. The molecule has 2 rings (SSSR count). The first-order valence-electron chi connectivity index (χ1n) is 4.15. The molecule has 0 aliphatic carbocycles. The summed E-state index contributed by atoms with van der Waals surface area (Å²) in [5, 5.41) is 0.610. The van der Waals surface area contributed by atoms with Crippen LogP contribution in [0, 0.1) is 0 Å². The summed E-state index contributed by atoms with van der Waals surface area (Å²) in [6.45, 7) is 0. The highest BCUT2D eigenvalue weighted by Gasteiger charge is 2.31. The Hall–Kier alpha value is -1.82. The van der Waals surface area contributed by atoms with Crippen LogP contribution in [-0.2, 0) is 0 Å². The van der Waals surface area contributed by atoms with Crippen molar-refractivity contribution in [1.29, 1.82) is 0 Å². The molecule has 1 heterocycles. The normalized spacial score (nSPS) is 10.9. The van der Waals surface area contributed by atoms with E-state index in [9.17, 15) is 13.2 Å². The van der Waals surface area contributed by atoms with Crippen LogP contribution in [0.1, 0.15) is 0 Å². The highest BCUT2D eigenvalue weighted by atomic mass is 19.4. The minimum Gasteiger partial charge on any atom is -0.406 e. The standard InChI is InChI=1S/C10H6F3NO.H3N/c11-10(12,13)15-8-3-4-9-7(6-8)2-1-5-14-9;/h1-6H;1H3. The number of rotatable bonds is 1. The van der Waals surface area contributed by atoms with Gasteiger partial charge in [-0.2, -0.15) is 0 Å². The lowest BCUT2D eigenvalue weighted by Crippen LogP contribution is -2.16. The van der Waals surface area contributed by atoms with Gasteiger partial charge in [0.2, 0.25) is 0 Å². The van der Waals surface area contributed by atoms with Crippen molar-refractivity contribution in [3.8, 4) is 5.75 Å². The van der Waals surface area contributed by atoms with E-state index in [0.29, 0.717) is 10.9 Å². The summed E-state index contributed by atoms with van der Waals surface area (Å²) in [5.74, 6) is -0.233. The second-order valence-corrected chi connectivity index (χ2v) is 2.91. The van der Waals surface area contributed by atoms with E-state index in [2.05, 4.69) is 9.72 Å². The number of hydrogen-bond acceptors (Lipinski definition) is 3. The Morgan fingerprint density at radius 2 is 1.88 bits per heavy atom. The molecule has 0 fully saturated rings. The Labute approximate surface area is 89.4 Å². The second-order valence-electron chi connectivity index (χ2n) is 2.91. The summed E-state index contributed by atoms with van der Waals surface area (Å²) in [7, 11) is 0. The van der Waals surface area contributed by atoms with Gasteiger partial charge in [0.25, 0.3) is 0 Å². The molecule has 0 bridgehead atoms. The molecule has 0 atom stereocenters. The third-order valence-corrected chi connectivity index (χ3v) is 1.81. The van der Waals surface area contributed by atoms with Gasteiger partial charge in [-0.3, -0.25) is 4.98 Å². The quantitative estimate of drug-likeness (QED) is 0.817. The molecule has 6 heteroatoms. The number of hydrogen-bond donors (Lipinski definition) is 1. The van der Waals surface area contributed by atoms with E-state index in [-0.39, 0.29) is 11.9 Å². The van der Waals surface area contributed by atoms with Gasteiger partial charge in [0, 0.05) is 11.6 Å². The molecule has 0 spiro atoms. The Kier molecular flexibility index (Phi) is 3.34. The molecule has 0 amide bonds. The summed E-state index contributed by atoms with van der Waals surface area (Å²) in [4.78, 5) is 3.98. The van der Waals surface area contributed by atoms with Crippen molar-refractivity contribution in [3.05, 3.63) is 36.5 Å². The van der Waals surface area contributed by atoms with Gasteiger partial charge in [0.15, 0.2) is 0 Å². The van der Waals surface area contributed by atoms with Crippen LogP contribution in [0.25, 0.3) is 10.9 Å². The van der Waals surface area contributed by atoms with Gasteiger partial charge >= 0.3 is 6.36 Å². The molecule has 0 unspecified atom stereocenters. The first-order chi connectivity index (χ1) is 7.04. The molecule has 1 aromatic heterocycles. The van der Waals surface area contributed by atoms with Crippen molar-refractivity contribution >= 4 is 10.9 Å². The molecular formula is C10H9F3N2O. The average Bonchev–Trinajstić information content (AvgIpc) is 2.15. The first kappa shape index (κ1) is 12.3. The zero-order chi connectivity index (χ0) is 10.9. The third-order valence-electron chi connectivity index (χ3n) is 1.81. The van der Waals surface area contributed by atoms with E-state index in [0.717, 1.165) is 0 Å². The number of nitrogens with zero attached hydrogens (tertiary/aromatic N) is 1. The molecule has 3 N–H and O–H groups in total. The number of benzene rings is 1. The van der Waals surface area contributed by atoms with Crippen LogP contribution in [0.2, 0.25) is 0 Å². The van der Waals surface area contributed by atoms with Crippen LogP contribution in [0.4, 0.5) is 13.2 Å². The van der Waals surface area contributed by atoms with E-state index in [4.69, 9.17) is 0 Å². The highest BCUT2D eigenvalue weighted by molar-refractivity contribution is 5.79. The molecule has 0 aliphatic heterocycles. The minimum atomic E-state index is -4.66. The van der Waals surface area contributed by atoms with Crippen molar-refractivity contribution < 1.29 is 17.9 Å². The number of aromatic nitrogens is 1. The first-order valence-corrected chi connectivity index (χ1v) is 4.15. The zero-order valence-electron chi connectivity index (χ0n) is 8.16. The van der Waals surface area contributed by atoms with E-state index in [1.54, 1.807) is 18.3 Å². The van der Waals surface area contributed by atoms with Crippen molar-refractivity contribution in [1.82, 2.24) is 11.1 Å². The lowest BCUT2D eigenvalue weighted by molar-refractivity contribution is -0.274. The summed E-state index contributed by atoms with van der Waals surface area (Å²) in [6, 6.07) is 7.35. The van der Waals surface area contributed by atoms with Crippen LogP contribution in [0.5, 0.6) is 5.75 Å². The van der Waals surface area contributed by atoms with Crippen LogP contribution in [-0.4, -0.2) is 11.3 Å². The molecular weight excluding hydrogens is 221 g/mol. The van der Waals surface area contributed by atoms with Crippen LogP contribution < -0.4 is 10.9 Å². The van der Waals surface area contributed by atoms with E-state index >= 15 is 0 Å². The van der Waals surface area contributed by atoms with E-state index in [1.165, 1.54) is 18.2 Å². The maximum Gasteiger partial charge on any atom is 0.573 e. The molecule has 1 aromatic carbocycles. The van der Waals surface area contributed by atoms with Gasteiger partial charge in [-0.25, -0.2) is 0 Å². The van der Waals surface area contributed by atoms with Gasteiger partial charge in [-0.15, -0.1) is 13.2 Å². The topological polar surface area (TPSA) is 57.1 Å². The van der Waals surface area contributed by atoms with E-state index in [1.807, 2.05) is 0 Å². The number of alkyl halides is 3. The second kappa shape index (κ2) is 4.36. The van der Waals surface area contributed by atoms with Gasteiger partial charge in [-0.1, -0.05) is 6.07 Å². The van der Waals surface area contributed by atoms with E-state index < -0.39 is 6.36 Å². The molecule has 0 saturated heterocycles. The van der Waals surface area contributed by atoms with Gasteiger partial charge in [0.1, 0.15) is 5.75 Å². The van der Waals surface area contributed by atoms with Crippen LogP contribution >= 0.6 is 0 Å². The molecule has 0 aliphatic rings. The fourth-order valence-electron chi connectivity index (χ4n) is 1.25. The predicted molar refractivity (Wildman–Crippen MR) is 53.4 cm³/mol. The average molecular weight is 230 g/mol. The SMILES string of the molecule is FC(F)(F)Oc1ccc2ncccc2c1.N. The monoisotopic (exact) mass is 230 g/mol. The van der Waals surface area contributed by atoms with Crippen molar-refractivity contribution in [2.45, 2.75) is 6.36 Å². The Bertz CT molecular complexity index is 485. The summed E-state index contributed by atoms with van der Waals surface area (Å²) in [6.07, 6.45) is -3.08. The lowest BCUT2D eigenvalue weighted by Gasteiger charge is -2.08. The minimum absolute atomic E-state index is 0. The zero-order valence-corrected chi connectivity index (χ0v) is 8.16. The maximum absolute atomic E-state index is 11.9. The summed E-state index contributed by atoms with van der Waals surface area (Å²) >= 11 is 0. The molecule has 16 heavy (non-hydrogen) atoms. The molecule has 0 saturated carbocycles. The largest absolute Gasteiger partial charge is 0.573 e. The van der Waals surface area contributed by atoms with Crippen LogP contribution in [0.15, 0.2) is 36.5 Å². The summed E-state index contributed by atoms with van der Waals surface area (Å²) in [5.41, 5.74) is 0.632. The predicted octanol–water partition coefficient (Wildman–Crippen LogP) is 3.30. The molecule has 2 aromatic rings. The molecule has 3 nitrogen and oxygen atoms in total.